The van der Waals surface area contributed by atoms with E-state index >= 15 is 0 Å². The number of carbonyl (C=O) groups is 2. The first-order valence-corrected chi connectivity index (χ1v) is 12.4. The molecule has 0 aliphatic rings. The van der Waals surface area contributed by atoms with Gasteiger partial charge in [0.25, 0.3) is 0 Å². The zero-order chi connectivity index (χ0) is 21.6. The first kappa shape index (κ1) is 27.9. The Bertz CT molecular complexity index is 381. The van der Waals surface area contributed by atoms with Crippen molar-refractivity contribution in [2.45, 2.75) is 142 Å². The van der Waals surface area contributed by atoms with Crippen LogP contribution in [0.4, 0.5) is 0 Å². The SMILES string of the molecule is CCCCCCCCCCCCCCOC(=O)CCC(=O)OC(C)CCCCC. The first-order chi connectivity index (χ1) is 14.1. The third kappa shape index (κ3) is 21.5. The van der Waals surface area contributed by atoms with Crippen molar-refractivity contribution in [2.24, 2.45) is 0 Å². The van der Waals surface area contributed by atoms with E-state index in [-0.39, 0.29) is 30.9 Å². The van der Waals surface area contributed by atoms with Crippen molar-refractivity contribution in [3.63, 3.8) is 0 Å². The second-order valence-electron chi connectivity index (χ2n) is 8.41. The normalized spacial score (nSPS) is 12.0. The molecule has 0 fully saturated rings. The summed E-state index contributed by atoms with van der Waals surface area (Å²) in [6, 6.07) is 0. The minimum atomic E-state index is -0.295. The molecule has 4 heteroatoms. The summed E-state index contributed by atoms with van der Waals surface area (Å²) >= 11 is 0. The molecule has 1 unspecified atom stereocenters. The van der Waals surface area contributed by atoms with Crippen LogP contribution in [0.3, 0.4) is 0 Å². The molecule has 0 N–H and O–H groups in total. The molecule has 4 nitrogen and oxygen atoms in total. The van der Waals surface area contributed by atoms with E-state index in [0.29, 0.717) is 6.61 Å². The molecule has 0 bridgehead atoms. The highest BCUT2D eigenvalue weighted by Gasteiger charge is 2.12. The number of rotatable bonds is 21. The predicted octanol–water partition coefficient (Wildman–Crippen LogP) is 7.52. The molecular weight excluding hydrogens is 364 g/mol. The summed E-state index contributed by atoms with van der Waals surface area (Å²) in [4.78, 5) is 23.5. The van der Waals surface area contributed by atoms with Gasteiger partial charge in [-0.15, -0.1) is 0 Å². The molecule has 0 radical (unpaired) electrons. The van der Waals surface area contributed by atoms with E-state index in [1.807, 2.05) is 6.92 Å². The maximum absolute atomic E-state index is 11.7. The van der Waals surface area contributed by atoms with Crippen LogP contribution in [0.15, 0.2) is 0 Å². The summed E-state index contributed by atoms with van der Waals surface area (Å²) in [5.41, 5.74) is 0. The van der Waals surface area contributed by atoms with Crippen LogP contribution in [-0.4, -0.2) is 24.6 Å². The van der Waals surface area contributed by atoms with Crippen LogP contribution >= 0.6 is 0 Å². The highest BCUT2D eigenvalue weighted by molar-refractivity contribution is 5.77. The van der Waals surface area contributed by atoms with E-state index in [9.17, 15) is 9.59 Å². The maximum atomic E-state index is 11.7. The summed E-state index contributed by atoms with van der Waals surface area (Å²) in [5, 5.41) is 0. The average Bonchev–Trinajstić information content (AvgIpc) is 2.70. The van der Waals surface area contributed by atoms with Crippen molar-refractivity contribution < 1.29 is 19.1 Å². The average molecular weight is 413 g/mol. The Kier molecular flexibility index (Phi) is 20.9. The van der Waals surface area contributed by atoms with Gasteiger partial charge in [-0.25, -0.2) is 0 Å². The third-order valence-corrected chi connectivity index (χ3v) is 5.34. The zero-order valence-electron chi connectivity index (χ0n) is 19.6. The number of hydrogen-bond donors (Lipinski definition) is 0. The van der Waals surface area contributed by atoms with Crippen molar-refractivity contribution in [3.05, 3.63) is 0 Å². The Labute approximate surface area is 180 Å². The van der Waals surface area contributed by atoms with Crippen molar-refractivity contribution in [2.75, 3.05) is 6.61 Å². The summed E-state index contributed by atoms with van der Waals surface area (Å²) in [6.45, 7) is 6.80. The van der Waals surface area contributed by atoms with Gasteiger partial charge in [0, 0.05) is 0 Å². The summed E-state index contributed by atoms with van der Waals surface area (Å²) in [5.74, 6) is -0.583. The fourth-order valence-corrected chi connectivity index (χ4v) is 3.43. The molecule has 0 saturated carbocycles. The van der Waals surface area contributed by atoms with Crippen molar-refractivity contribution in [3.8, 4) is 0 Å². The van der Waals surface area contributed by atoms with E-state index in [4.69, 9.17) is 9.47 Å². The quantitative estimate of drug-likeness (QED) is 0.144. The molecule has 0 aliphatic heterocycles. The molecule has 0 aromatic rings. The van der Waals surface area contributed by atoms with Gasteiger partial charge in [0.15, 0.2) is 0 Å². The van der Waals surface area contributed by atoms with E-state index in [2.05, 4.69) is 13.8 Å². The van der Waals surface area contributed by atoms with E-state index in [0.717, 1.165) is 38.5 Å². The predicted molar refractivity (Wildman–Crippen MR) is 121 cm³/mol. The van der Waals surface area contributed by atoms with Crippen LogP contribution in [0.1, 0.15) is 136 Å². The minimum Gasteiger partial charge on any atom is -0.466 e. The third-order valence-electron chi connectivity index (χ3n) is 5.34. The monoisotopic (exact) mass is 412 g/mol. The highest BCUT2D eigenvalue weighted by atomic mass is 16.5. The van der Waals surface area contributed by atoms with Gasteiger partial charge in [-0.1, -0.05) is 97.3 Å². The zero-order valence-corrected chi connectivity index (χ0v) is 19.6. The maximum Gasteiger partial charge on any atom is 0.306 e. The molecule has 0 heterocycles. The molecule has 0 aromatic carbocycles. The van der Waals surface area contributed by atoms with Gasteiger partial charge in [-0.3, -0.25) is 9.59 Å². The van der Waals surface area contributed by atoms with Crippen LogP contribution in [0, 0.1) is 0 Å². The van der Waals surface area contributed by atoms with Crippen LogP contribution < -0.4 is 0 Å². The lowest BCUT2D eigenvalue weighted by molar-refractivity contribution is -0.153. The van der Waals surface area contributed by atoms with Crippen molar-refractivity contribution >= 4 is 11.9 Å². The Hall–Kier alpha value is -1.06. The summed E-state index contributed by atoms with van der Waals surface area (Å²) in [6.07, 6.45) is 19.9. The van der Waals surface area contributed by atoms with Crippen LogP contribution in [-0.2, 0) is 19.1 Å². The van der Waals surface area contributed by atoms with Crippen LogP contribution in [0.2, 0.25) is 0 Å². The Morgan fingerprint density at radius 3 is 1.62 bits per heavy atom. The summed E-state index contributed by atoms with van der Waals surface area (Å²) in [7, 11) is 0. The smallest absolute Gasteiger partial charge is 0.306 e. The fraction of sp³-hybridized carbons (Fsp3) is 0.920. The largest absolute Gasteiger partial charge is 0.466 e. The second-order valence-corrected chi connectivity index (χ2v) is 8.41. The van der Waals surface area contributed by atoms with Crippen LogP contribution in [0.25, 0.3) is 0 Å². The van der Waals surface area contributed by atoms with Gasteiger partial charge >= 0.3 is 11.9 Å². The first-order valence-electron chi connectivity index (χ1n) is 12.4. The van der Waals surface area contributed by atoms with Gasteiger partial charge < -0.3 is 9.47 Å². The van der Waals surface area contributed by atoms with Crippen molar-refractivity contribution in [1.82, 2.24) is 0 Å². The number of hydrogen-bond acceptors (Lipinski definition) is 4. The molecule has 0 aromatic heterocycles. The van der Waals surface area contributed by atoms with Gasteiger partial charge in [0.1, 0.15) is 0 Å². The Balaban J connectivity index is 3.38. The molecule has 0 aliphatic carbocycles. The molecular formula is C25H48O4. The van der Waals surface area contributed by atoms with E-state index in [1.165, 1.54) is 64.2 Å². The lowest BCUT2D eigenvalue weighted by Gasteiger charge is -2.12. The van der Waals surface area contributed by atoms with Gasteiger partial charge in [0.05, 0.1) is 25.6 Å². The lowest BCUT2D eigenvalue weighted by Crippen LogP contribution is -2.16. The summed E-state index contributed by atoms with van der Waals surface area (Å²) < 4.78 is 10.5. The molecule has 0 rings (SSSR count). The van der Waals surface area contributed by atoms with Gasteiger partial charge in [0.2, 0.25) is 0 Å². The standard InChI is InChI=1S/C25H48O4/c1-4-6-8-9-10-11-12-13-14-15-16-18-22-28-24(26)20-21-25(27)29-23(3)19-17-7-5-2/h23H,4-22H2,1-3H3. The Morgan fingerprint density at radius 2 is 1.07 bits per heavy atom. The number of ether oxygens (including phenoxy) is 2. The second kappa shape index (κ2) is 21.6. The van der Waals surface area contributed by atoms with Crippen molar-refractivity contribution in [1.29, 1.82) is 0 Å². The van der Waals surface area contributed by atoms with Gasteiger partial charge in [-0.05, 0) is 26.2 Å². The number of esters is 2. The van der Waals surface area contributed by atoms with E-state index < -0.39 is 0 Å². The molecule has 0 spiro atoms. The van der Waals surface area contributed by atoms with E-state index in [1.54, 1.807) is 0 Å². The molecule has 172 valence electrons. The molecule has 0 saturated heterocycles. The highest BCUT2D eigenvalue weighted by Crippen LogP contribution is 2.12. The van der Waals surface area contributed by atoms with Gasteiger partial charge in [-0.2, -0.15) is 0 Å². The molecule has 0 amide bonds. The number of carbonyl (C=O) groups excluding carboxylic acids is 2. The molecule has 29 heavy (non-hydrogen) atoms. The minimum absolute atomic E-state index is 0.0638. The van der Waals surface area contributed by atoms with Crippen LogP contribution in [0.5, 0.6) is 0 Å². The fourth-order valence-electron chi connectivity index (χ4n) is 3.43. The molecule has 1 atom stereocenters. The number of unbranched alkanes of at least 4 members (excludes halogenated alkanes) is 13. The Morgan fingerprint density at radius 1 is 0.621 bits per heavy atom. The topological polar surface area (TPSA) is 52.6 Å². The lowest BCUT2D eigenvalue weighted by atomic mass is 10.1.